The van der Waals surface area contributed by atoms with E-state index in [0.717, 1.165) is 48.6 Å². The summed E-state index contributed by atoms with van der Waals surface area (Å²) in [5.74, 6) is 2.96. The van der Waals surface area contributed by atoms with Crippen molar-refractivity contribution in [2.24, 2.45) is 0 Å². The predicted octanol–water partition coefficient (Wildman–Crippen LogP) is 4.23. The molecule has 4 aromatic rings. The van der Waals surface area contributed by atoms with Crippen LogP contribution < -0.4 is 29.3 Å². The van der Waals surface area contributed by atoms with E-state index in [2.05, 4.69) is 20.1 Å². The lowest BCUT2D eigenvalue weighted by molar-refractivity contribution is 0.102. The van der Waals surface area contributed by atoms with Crippen LogP contribution in [0.2, 0.25) is 0 Å². The number of carbonyl (C=O) groups excluding carboxylic acids is 1. The summed E-state index contributed by atoms with van der Waals surface area (Å²) in [5.41, 5.74) is 1.01. The maximum absolute atomic E-state index is 13.4. The van der Waals surface area contributed by atoms with Gasteiger partial charge in [-0.05, 0) is 17.5 Å². The van der Waals surface area contributed by atoms with Crippen molar-refractivity contribution in [2.45, 2.75) is 0 Å². The van der Waals surface area contributed by atoms with E-state index in [-0.39, 0.29) is 5.91 Å². The molecule has 9 heteroatoms. The molecule has 5 rings (SSSR count). The highest BCUT2D eigenvalue weighted by Gasteiger charge is 2.23. The van der Waals surface area contributed by atoms with E-state index in [4.69, 9.17) is 19.2 Å². The molecule has 37 heavy (non-hydrogen) atoms. The Morgan fingerprint density at radius 1 is 0.811 bits per heavy atom. The van der Waals surface area contributed by atoms with E-state index in [1.165, 1.54) is 21.3 Å². The number of pyridine rings is 2. The van der Waals surface area contributed by atoms with Gasteiger partial charge in [-0.2, -0.15) is 0 Å². The van der Waals surface area contributed by atoms with E-state index >= 15 is 0 Å². The fourth-order valence-corrected chi connectivity index (χ4v) is 4.65. The molecule has 190 valence electrons. The number of hydrogen-bond acceptors (Lipinski definition) is 8. The number of aromatic nitrogens is 2. The van der Waals surface area contributed by atoms with Gasteiger partial charge in [0, 0.05) is 61.8 Å². The number of nitrogens with one attached hydrogen (secondary N) is 1. The number of rotatable bonds is 7. The summed E-state index contributed by atoms with van der Waals surface area (Å²) in [6.45, 7) is 3.31. The minimum atomic E-state index is -0.274. The zero-order valence-electron chi connectivity index (χ0n) is 21.1. The van der Waals surface area contributed by atoms with Gasteiger partial charge >= 0.3 is 0 Å². The van der Waals surface area contributed by atoms with Crippen LogP contribution in [0.1, 0.15) is 10.4 Å². The summed E-state index contributed by atoms with van der Waals surface area (Å²) in [6.07, 6.45) is 3.47. The molecular weight excluding hydrogens is 470 g/mol. The van der Waals surface area contributed by atoms with Crippen molar-refractivity contribution in [1.82, 2.24) is 9.97 Å². The smallest absolute Gasteiger partial charge is 0.257 e. The highest BCUT2D eigenvalue weighted by Crippen LogP contribution is 2.40. The first kappa shape index (κ1) is 24.2. The topological polar surface area (TPSA) is 89.1 Å². The summed E-state index contributed by atoms with van der Waals surface area (Å²) in [5, 5.41) is 4.73. The van der Waals surface area contributed by atoms with E-state index in [1.807, 2.05) is 48.7 Å². The molecule has 1 N–H and O–H groups in total. The van der Waals surface area contributed by atoms with Gasteiger partial charge in [0.1, 0.15) is 11.6 Å². The van der Waals surface area contributed by atoms with Crippen molar-refractivity contribution >= 4 is 34.0 Å². The standard InChI is InChI=1S/C28H29N5O4/c1-35-23-16-19(17-24(36-2)26(23)37-3)31-28(34)22-18-30-27(21-9-5-4-8-20(21)22)33-14-12-32(13-15-33)25-10-6-7-11-29-25/h4-11,16-18H,12-15H2,1-3H3,(H,31,34). The molecule has 0 atom stereocenters. The molecule has 0 radical (unpaired) electrons. The molecule has 1 saturated heterocycles. The summed E-state index contributed by atoms with van der Waals surface area (Å²) < 4.78 is 16.2. The third-order valence-electron chi connectivity index (χ3n) is 6.49. The lowest BCUT2D eigenvalue weighted by Crippen LogP contribution is -2.47. The largest absolute Gasteiger partial charge is 0.493 e. The number of benzene rings is 2. The first-order valence-corrected chi connectivity index (χ1v) is 12.0. The lowest BCUT2D eigenvalue weighted by Gasteiger charge is -2.36. The number of piperazine rings is 1. The normalized spacial score (nSPS) is 13.4. The number of ether oxygens (including phenoxy) is 3. The number of nitrogens with zero attached hydrogens (tertiary/aromatic N) is 4. The van der Waals surface area contributed by atoms with Gasteiger partial charge in [-0.1, -0.05) is 30.3 Å². The molecular formula is C28H29N5O4. The lowest BCUT2D eigenvalue weighted by atomic mass is 10.1. The quantitative estimate of drug-likeness (QED) is 0.404. The summed E-state index contributed by atoms with van der Waals surface area (Å²) in [6, 6.07) is 17.2. The zero-order chi connectivity index (χ0) is 25.8. The van der Waals surface area contributed by atoms with Gasteiger partial charge in [0.2, 0.25) is 5.75 Å². The highest BCUT2D eigenvalue weighted by molar-refractivity contribution is 6.14. The van der Waals surface area contributed by atoms with Gasteiger partial charge in [-0.15, -0.1) is 0 Å². The SMILES string of the molecule is COc1cc(NC(=O)c2cnc(N3CCN(c4ccccn4)CC3)c3ccccc23)cc(OC)c1OC. The van der Waals surface area contributed by atoms with Crippen LogP contribution in [0.25, 0.3) is 10.8 Å². The second-order valence-electron chi connectivity index (χ2n) is 8.57. The molecule has 1 aliphatic heterocycles. The molecule has 1 amide bonds. The molecule has 0 bridgehead atoms. The van der Waals surface area contributed by atoms with Gasteiger partial charge < -0.3 is 29.3 Å². The van der Waals surface area contributed by atoms with Crippen molar-refractivity contribution in [1.29, 1.82) is 0 Å². The second kappa shape index (κ2) is 10.6. The number of hydrogen-bond donors (Lipinski definition) is 1. The molecule has 0 saturated carbocycles. The Labute approximate surface area is 215 Å². The van der Waals surface area contributed by atoms with Crippen LogP contribution in [0, 0.1) is 0 Å². The number of amides is 1. The summed E-state index contributed by atoms with van der Waals surface area (Å²) >= 11 is 0. The molecule has 1 fully saturated rings. The molecule has 9 nitrogen and oxygen atoms in total. The van der Waals surface area contributed by atoms with Crippen LogP contribution in [-0.4, -0.2) is 63.4 Å². The van der Waals surface area contributed by atoms with Crippen molar-refractivity contribution < 1.29 is 19.0 Å². The fourth-order valence-electron chi connectivity index (χ4n) is 4.65. The third-order valence-corrected chi connectivity index (χ3v) is 6.49. The number of anilines is 3. The Kier molecular flexibility index (Phi) is 6.93. The first-order chi connectivity index (χ1) is 18.1. The Hall–Kier alpha value is -4.53. The van der Waals surface area contributed by atoms with Gasteiger partial charge in [0.25, 0.3) is 5.91 Å². The maximum Gasteiger partial charge on any atom is 0.257 e. The predicted molar refractivity (Wildman–Crippen MR) is 144 cm³/mol. The summed E-state index contributed by atoms with van der Waals surface area (Å²) in [4.78, 5) is 27.1. The highest BCUT2D eigenvalue weighted by atomic mass is 16.5. The molecule has 2 aromatic carbocycles. The Balaban J connectivity index is 1.40. The zero-order valence-corrected chi connectivity index (χ0v) is 21.1. The Bertz CT molecular complexity index is 1380. The Morgan fingerprint density at radius 2 is 1.46 bits per heavy atom. The second-order valence-corrected chi connectivity index (χ2v) is 8.57. The average Bonchev–Trinajstić information content (AvgIpc) is 2.96. The van der Waals surface area contributed by atoms with Crippen LogP contribution in [0.4, 0.5) is 17.3 Å². The van der Waals surface area contributed by atoms with Crippen molar-refractivity contribution in [3.05, 3.63) is 72.6 Å². The summed E-state index contributed by atoms with van der Waals surface area (Å²) in [7, 11) is 4.61. The van der Waals surface area contributed by atoms with Crippen molar-refractivity contribution in [3.8, 4) is 17.2 Å². The van der Waals surface area contributed by atoms with Crippen LogP contribution in [0.5, 0.6) is 17.2 Å². The van der Waals surface area contributed by atoms with Gasteiger partial charge in [-0.3, -0.25) is 4.79 Å². The molecule has 1 aliphatic rings. The van der Waals surface area contributed by atoms with Crippen LogP contribution in [0.3, 0.4) is 0 Å². The Morgan fingerprint density at radius 3 is 2.08 bits per heavy atom. The minimum Gasteiger partial charge on any atom is -0.493 e. The number of methoxy groups -OCH3 is 3. The van der Waals surface area contributed by atoms with Crippen molar-refractivity contribution in [2.75, 3.05) is 62.6 Å². The average molecular weight is 500 g/mol. The molecule has 0 unspecified atom stereocenters. The van der Waals surface area contributed by atoms with Gasteiger partial charge in [-0.25, -0.2) is 9.97 Å². The molecule has 0 aliphatic carbocycles. The molecule has 2 aromatic heterocycles. The van der Waals surface area contributed by atoms with Crippen LogP contribution >= 0.6 is 0 Å². The van der Waals surface area contributed by atoms with E-state index in [1.54, 1.807) is 18.3 Å². The van der Waals surface area contributed by atoms with Crippen LogP contribution in [-0.2, 0) is 0 Å². The fraction of sp³-hybridized carbons (Fsp3) is 0.250. The van der Waals surface area contributed by atoms with E-state index in [9.17, 15) is 4.79 Å². The number of carbonyl (C=O) groups is 1. The minimum absolute atomic E-state index is 0.274. The van der Waals surface area contributed by atoms with Crippen molar-refractivity contribution in [3.63, 3.8) is 0 Å². The van der Waals surface area contributed by atoms with Crippen LogP contribution in [0.15, 0.2) is 67.0 Å². The van der Waals surface area contributed by atoms with Gasteiger partial charge in [0.05, 0.1) is 26.9 Å². The van der Waals surface area contributed by atoms with E-state index < -0.39 is 0 Å². The monoisotopic (exact) mass is 499 g/mol. The molecule has 3 heterocycles. The van der Waals surface area contributed by atoms with E-state index in [0.29, 0.717) is 28.5 Å². The first-order valence-electron chi connectivity index (χ1n) is 12.0. The number of fused-ring (bicyclic) bond motifs is 1. The van der Waals surface area contributed by atoms with Gasteiger partial charge in [0.15, 0.2) is 11.5 Å². The maximum atomic E-state index is 13.4. The molecule has 0 spiro atoms. The third kappa shape index (κ3) is 4.80.